The molecule has 0 aliphatic heterocycles. The molecule has 0 saturated heterocycles. The summed E-state index contributed by atoms with van der Waals surface area (Å²) in [5.41, 5.74) is 0.766. The van der Waals surface area contributed by atoms with E-state index in [1.165, 1.54) is 19.3 Å². The Morgan fingerprint density at radius 3 is 2.08 bits per heavy atom. The molecular formula is C12H18O. The maximum absolute atomic E-state index is 12.2. The molecule has 0 amide bonds. The summed E-state index contributed by atoms with van der Waals surface area (Å²) < 4.78 is 0. The number of ketones is 1. The molecule has 3 aliphatic carbocycles. The van der Waals surface area contributed by atoms with Crippen LogP contribution in [0.1, 0.15) is 46.5 Å². The van der Waals surface area contributed by atoms with E-state index in [4.69, 9.17) is 0 Å². The summed E-state index contributed by atoms with van der Waals surface area (Å²) in [6.07, 6.45) is 4.81. The zero-order chi connectivity index (χ0) is 9.48. The van der Waals surface area contributed by atoms with Crippen molar-refractivity contribution in [3.8, 4) is 0 Å². The Morgan fingerprint density at radius 1 is 1.15 bits per heavy atom. The monoisotopic (exact) mass is 178 g/mol. The van der Waals surface area contributed by atoms with Crippen molar-refractivity contribution in [1.29, 1.82) is 0 Å². The third-order valence-electron chi connectivity index (χ3n) is 5.82. The van der Waals surface area contributed by atoms with Gasteiger partial charge in [0.15, 0.2) is 0 Å². The SMILES string of the molecule is CC1(C)[C@@H]2CC[C@@]1(C)C1(CC1)C2=O. The number of rotatable bonds is 0. The van der Waals surface area contributed by atoms with Crippen LogP contribution in [0.15, 0.2) is 0 Å². The smallest absolute Gasteiger partial charge is 0.143 e. The van der Waals surface area contributed by atoms with Gasteiger partial charge in [0.1, 0.15) is 5.78 Å². The van der Waals surface area contributed by atoms with E-state index < -0.39 is 0 Å². The highest BCUT2D eigenvalue weighted by atomic mass is 16.1. The van der Waals surface area contributed by atoms with E-state index in [2.05, 4.69) is 20.8 Å². The summed E-state index contributed by atoms with van der Waals surface area (Å²) >= 11 is 0. The highest BCUT2D eigenvalue weighted by Gasteiger charge is 2.77. The topological polar surface area (TPSA) is 17.1 Å². The Kier molecular flexibility index (Phi) is 1.07. The molecule has 3 rings (SSSR count). The fraction of sp³-hybridized carbons (Fsp3) is 0.917. The Hall–Kier alpha value is -0.330. The summed E-state index contributed by atoms with van der Waals surface area (Å²) in [6, 6.07) is 0. The number of fused-ring (bicyclic) bond motifs is 3. The molecule has 1 heteroatoms. The van der Waals surface area contributed by atoms with E-state index in [1.807, 2.05) is 0 Å². The lowest BCUT2D eigenvalue weighted by atomic mass is 9.65. The molecular weight excluding hydrogens is 160 g/mol. The highest BCUT2D eigenvalue weighted by molar-refractivity contribution is 5.95. The molecule has 3 aliphatic rings. The second-order valence-corrected chi connectivity index (χ2v) is 6.09. The molecule has 0 N–H and O–H groups in total. The van der Waals surface area contributed by atoms with Crippen molar-refractivity contribution in [2.75, 3.05) is 0 Å². The van der Waals surface area contributed by atoms with Crippen LogP contribution in [0.4, 0.5) is 0 Å². The normalized spacial score (nSPS) is 48.8. The van der Waals surface area contributed by atoms with Crippen LogP contribution in [0.25, 0.3) is 0 Å². The first-order valence-corrected chi connectivity index (χ1v) is 5.50. The predicted octanol–water partition coefficient (Wildman–Crippen LogP) is 2.79. The first-order chi connectivity index (χ1) is 5.96. The van der Waals surface area contributed by atoms with Gasteiger partial charge in [-0.3, -0.25) is 4.79 Å². The largest absolute Gasteiger partial charge is 0.299 e. The van der Waals surface area contributed by atoms with Gasteiger partial charge in [-0.05, 0) is 36.5 Å². The van der Waals surface area contributed by atoms with E-state index in [9.17, 15) is 4.79 Å². The van der Waals surface area contributed by atoms with Crippen molar-refractivity contribution in [3.05, 3.63) is 0 Å². The Morgan fingerprint density at radius 2 is 1.77 bits per heavy atom. The number of hydrogen-bond acceptors (Lipinski definition) is 1. The van der Waals surface area contributed by atoms with Gasteiger partial charge in [0.05, 0.1) is 0 Å². The average Bonchev–Trinajstić information content (AvgIpc) is 2.75. The van der Waals surface area contributed by atoms with E-state index in [-0.39, 0.29) is 10.8 Å². The van der Waals surface area contributed by atoms with Crippen LogP contribution in [-0.2, 0) is 4.79 Å². The summed E-state index contributed by atoms with van der Waals surface area (Å²) in [4.78, 5) is 12.2. The first-order valence-electron chi connectivity index (χ1n) is 5.50. The minimum atomic E-state index is 0.152. The van der Waals surface area contributed by atoms with Gasteiger partial charge in [0.25, 0.3) is 0 Å². The van der Waals surface area contributed by atoms with Crippen molar-refractivity contribution in [2.24, 2.45) is 22.2 Å². The van der Waals surface area contributed by atoms with Gasteiger partial charge in [-0.1, -0.05) is 20.8 Å². The summed E-state index contributed by atoms with van der Waals surface area (Å²) in [6.45, 7) is 7.00. The van der Waals surface area contributed by atoms with Gasteiger partial charge in [-0.15, -0.1) is 0 Å². The molecule has 13 heavy (non-hydrogen) atoms. The minimum absolute atomic E-state index is 0.152. The maximum Gasteiger partial charge on any atom is 0.143 e. The van der Waals surface area contributed by atoms with E-state index in [1.54, 1.807) is 0 Å². The second kappa shape index (κ2) is 1.74. The Bertz CT molecular complexity index is 298. The standard InChI is InChI=1S/C12H18O/c1-10(2)8-4-5-11(10,3)12(6-7-12)9(8)13/h8H,4-7H2,1-3H3/t8-,11-/m1/s1. The molecule has 2 bridgehead atoms. The van der Waals surface area contributed by atoms with E-state index in [0.717, 1.165) is 6.42 Å². The molecule has 0 aromatic carbocycles. The van der Waals surface area contributed by atoms with Gasteiger partial charge in [-0.25, -0.2) is 0 Å². The molecule has 1 nitrogen and oxygen atoms in total. The van der Waals surface area contributed by atoms with Gasteiger partial charge >= 0.3 is 0 Å². The number of carbonyl (C=O) groups excluding carboxylic acids is 1. The summed E-state index contributed by atoms with van der Waals surface area (Å²) in [5.74, 6) is 1.01. The number of Topliss-reactive ketones (excluding diaryl/α,β-unsaturated/α-hetero) is 1. The third-order valence-corrected chi connectivity index (χ3v) is 5.82. The van der Waals surface area contributed by atoms with Crippen LogP contribution in [0.3, 0.4) is 0 Å². The zero-order valence-corrected chi connectivity index (χ0v) is 8.81. The fourth-order valence-corrected chi connectivity index (χ4v) is 4.34. The molecule has 2 atom stereocenters. The molecule has 3 fully saturated rings. The molecule has 3 saturated carbocycles. The number of hydrogen-bond donors (Lipinski definition) is 0. The van der Waals surface area contributed by atoms with Crippen LogP contribution in [0, 0.1) is 22.2 Å². The lowest BCUT2D eigenvalue weighted by Gasteiger charge is -2.38. The Balaban J connectivity index is 2.20. The van der Waals surface area contributed by atoms with Crippen molar-refractivity contribution in [2.45, 2.75) is 46.5 Å². The summed E-state index contributed by atoms with van der Waals surface area (Å²) in [5, 5.41) is 0. The van der Waals surface area contributed by atoms with Crippen molar-refractivity contribution < 1.29 is 4.79 Å². The van der Waals surface area contributed by atoms with Gasteiger partial charge in [-0.2, -0.15) is 0 Å². The zero-order valence-electron chi connectivity index (χ0n) is 8.81. The first kappa shape index (κ1) is 8.02. The van der Waals surface area contributed by atoms with Crippen molar-refractivity contribution in [3.63, 3.8) is 0 Å². The predicted molar refractivity (Wildman–Crippen MR) is 51.3 cm³/mol. The van der Waals surface area contributed by atoms with Gasteiger partial charge in [0.2, 0.25) is 0 Å². The molecule has 0 aromatic heterocycles. The van der Waals surface area contributed by atoms with Crippen LogP contribution in [0.5, 0.6) is 0 Å². The van der Waals surface area contributed by atoms with Crippen LogP contribution in [-0.4, -0.2) is 5.78 Å². The molecule has 1 spiro atoms. The van der Waals surface area contributed by atoms with Crippen LogP contribution < -0.4 is 0 Å². The highest BCUT2D eigenvalue weighted by Crippen LogP contribution is 2.79. The van der Waals surface area contributed by atoms with Crippen molar-refractivity contribution in [1.82, 2.24) is 0 Å². The molecule has 0 aromatic rings. The second-order valence-electron chi connectivity index (χ2n) is 6.09. The summed E-state index contributed by atoms with van der Waals surface area (Å²) in [7, 11) is 0. The van der Waals surface area contributed by atoms with Gasteiger partial charge < -0.3 is 0 Å². The molecule has 0 unspecified atom stereocenters. The van der Waals surface area contributed by atoms with Crippen molar-refractivity contribution >= 4 is 5.78 Å². The maximum atomic E-state index is 12.2. The molecule has 72 valence electrons. The third kappa shape index (κ3) is 0.547. The average molecular weight is 178 g/mol. The molecule has 0 heterocycles. The van der Waals surface area contributed by atoms with E-state index in [0.29, 0.717) is 17.1 Å². The van der Waals surface area contributed by atoms with Gasteiger partial charge in [0, 0.05) is 11.3 Å². The van der Waals surface area contributed by atoms with Crippen LogP contribution >= 0.6 is 0 Å². The molecule has 0 radical (unpaired) electrons. The van der Waals surface area contributed by atoms with Crippen LogP contribution in [0.2, 0.25) is 0 Å². The minimum Gasteiger partial charge on any atom is -0.299 e. The fourth-order valence-electron chi connectivity index (χ4n) is 4.34. The lowest BCUT2D eigenvalue weighted by Crippen LogP contribution is -2.34. The van der Waals surface area contributed by atoms with E-state index >= 15 is 0 Å². The number of carbonyl (C=O) groups is 1. The quantitative estimate of drug-likeness (QED) is 0.557. The Labute approximate surface area is 79.9 Å². The lowest BCUT2D eigenvalue weighted by molar-refractivity contribution is -0.128.